The van der Waals surface area contributed by atoms with E-state index in [1.165, 1.54) is 6.20 Å². The van der Waals surface area contributed by atoms with Gasteiger partial charge in [-0.05, 0) is 26.8 Å². The maximum absolute atomic E-state index is 14.0. The fourth-order valence-corrected chi connectivity index (χ4v) is 2.81. The van der Waals surface area contributed by atoms with Gasteiger partial charge in [0.15, 0.2) is 0 Å². The van der Waals surface area contributed by atoms with Gasteiger partial charge in [0.2, 0.25) is 0 Å². The predicted molar refractivity (Wildman–Crippen MR) is 93.3 cm³/mol. The number of rotatable bonds is 3. The molecule has 140 valence electrons. The Morgan fingerprint density at radius 2 is 2.00 bits per heavy atom. The molecule has 1 amide bonds. The molecule has 3 rings (SSSR count). The molecule has 0 aliphatic carbocycles. The third-order valence-electron chi connectivity index (χ3n) is 4.08. The molecule has 1 aromatic carbocycles. The number of anilines is 1. The summed E-state index contributed by atoms with van der Waals surface area (Å²) in [5, 5.41) is 4.20. The van der Waals surface area contributed by atoms with Gasteiger partial charge in [-0.25, -0.2) is 13.6 Å². The fraction of sp³-hybridized carbons (Fsp3) is 0.444. The second-order valence-corrected chi connectivity index (χ2v) is 7.56. The summed E-state index contributed by atoms with van der Waals surface area (Å²) < 4.78 is 34.6. The van der Waals surface area contributed by atoms with Gasteiger partial charge in [-0.2, -0.15) is 5.10 Å². The van der Waals surface area contributed by atoms with E-state index in [2.05, 4.69) is 5.10 Å². The Hall–Kier alpha value is -2.64. The molecule has 2 aromatic rings. The van der Waals surface area contributed by atoms with Crippen molar-refractivity contribution in [1.29, 1.82) is 0 Å². The first-order valence-electron chi connectivity index (χ1n) is 8.37. The van der Waals surface area contributed by atoms with Crippen LogP contribution in [0.2, 0.25) is 0 Å². The number of halogens is 2. The first-order valence-corrected chi connectivity index (χ1v) is 8.37. The van der Waals surface area contributed by atoms with Crippen LogP contribution in [-0.4, -0.2) is 39.5 Å². The lowest BCUT2D eigenvalue weighted by Gasteiger charge is -2.39. The van der Waals surface area contributed by atoms with Gasteiger partial charge in [-0.3, -0.25) is 4.68 Å². The van der Waals surface area contributed by atoms with Crippen LogP contribution in [0.4, 0.5) is 19.3 Å². The molecule has 8 heteroatoms. The standard InChI is InChI=1S/C18H22F2N4O2/c1-18(2,3)26-17(25)23-7-11(8-23)9-24-10-12(6-22-24)13-4-15(20)16(21)5-14(13)19/h4-6,10-11H,7-9,21H2,1-3H3. The summed E-state index contributed by atoms with van der Waals surface area (Å²) in [4.78, 5) is 13.6. The Morgan fingerprint density at radius 3 is 2.65 bits per heavy atom. The number of hydrogen-bond donors (Lipinski definition) is 1. The zero-order valence-corrected chi connectivity index (χ0v) is 15.0. The Morgan fingerprint density at radius 1 is 1.31 bits per heavy atom. The van der Waals surface area contributed by atoms with Gasteiger partial charge in [0.1, 0.15) is 17.2 Å². The summed E-state index contributed by atoms with van der Waals surface area (Å²) in [6.07, 6.45) is 2.82. The number of likely N-dealkylation sites (tertiary alicyclic amines) is 1. The van der Waals surface area contributed by atoms with Crippen LogP contribution in [0, 0.1) is 17.6 Å². The van der Waals surface area contributed by atoms with E-state index >= 15 is 0 Å². The highest BCUT2D eigenvalue weighted by molar-refractivity contribution is 5.69. The van der Waals surface area contributed by atoms with Gasteiger partial charge in [-0.1, -0.05) is 0 Å². The number of benzene rings is 1. The third kappa shape index (κ3) is 3.95. The number of nitrogens with two attached hydrogens (primary N) is 1. The van der Waals surface area contributed by atoms with Crippen LogP contribution in [0.1, 0.15) is 20.8 Å². The summed E-state index contributed by atoms with van der Waals surface area (Å²) in [6, 6.07) is 2.03. The minimum Gasteiger partial charge on any atom is -0.444 e. The molecular formula is C18H22F2N4O2. The maximum Gasteiger partial charge on any atom is 0.410 e. The topological polar surface area (TPSA) is 73.4 Å². The van der Waals surface area contributed by atoms with Crippen molar-refractivity contribution >= 4 is 11.8 Å². The van der Waals surface area contributed by atoms with Crippen molar-refractivity contribution in [3.8, 4) is 11.1 Å². The minimum atomic E-state index is -0.666. The van der Waals surface area contributed by atoms with Gasteiger partial charge in [0.05, 0.1) is 11.9 Å². The Balaban J connectivity index is 1.59. The van der Waals surface area contributed by atoms with Crippen molar-refractivity contribution in [1.82, 2.24) is 14.7 Å². The average Bonchev–Trinajstić information content (AvgIpc) is 2.92. The molecule has 1 aromatic heterocycles. The van der Waals surface area contributed by atoms with E-state index in [9.17, 15) is 13.6 Å². The van der Waals surface area contributed by atoms with Gasteiger partial charge in [0.25, 0.3) is 0 Å². The minimum absolute atomic E-state index is 0.118. The molecule has 6 nitrogen and oxygen atoms in total. The van der Waals surface area contributed by atoms with Crippen molar-refractivity contribution < 1.29 is 18.3 Å². The lowest BCUT2D eigenvalue weighted by atomic mass is 10.0. The number of amides is 1. The molecular weight excluding hydrogens is 342 g/mol. The van der Waals surface area contributed by atoms with Crippen molar-refractivity contribution in [2.24, 2.45) is 5.92 Å². The van der Waals surface area contributed by atoms with Crippen molar-refractivity contribution in [3.63, 3.8) is 0 Å². The van der Waals surface area contributed by atoms with Crippen LogP contribution in [0.5, 0.6) is 0 Å². The number of hydrogen-bond acceptors (Lipinski definition) is 4. The third-order valence-corrected chi connectivity index (χ3v) is 4.08. The van der Waals surface area contributed by atoms with Crippen molar-refractivity contribution in [3.05, 3.63) is 36.2 Å². The predicted octanol–water partition coefficient (Wildman–Crippen LogP) is 3.28. The number of aromatic nitrogens is 2. The van der Waals surface area contributed by atoms with E-state index in [0.29, 0.717) is 25.2 Å². The molecule has 2 heterocycles. The number of ether oxygens (including phenoxy) is 1. The van der Waals surface area contributed by atoms with Gasteiger partial charge in [0, 0.05) is 48.9 Å². The highest BCUT2D eigenvalue weighted by Gasteiger charge is 2.33. The second kappa shape index (κ2) is 6.59. The average molecular weight is 364 g/mol. The van der Waals surface area contributed by atoms with Gasteiger partial charge >= 0.3 is 6.09 Å². The number of carbonyl (C=O) groups excluding carboxylic acids is 1. The second-order valence-electron chi connectivity index (χ2n) is 7.56. The first kappa shape index (κ1) is 18.2. The molecule has 1 fully saturated rings. The Kier molecular flexibility index (Phi) is 4.60. The molecule has 1 aliphatic rings. The van der Waals surface area contributed by atoms with Gasteiger partial charge in [-0.15, -0.1) is 0 Å². The summed E-state index contributed by atoms with van der Waals surface area (Å²) in [6.45, 7) is 7.22. The highest BCUT2D eigenvalue weighted by Crippen LogP contribution is 2.27. The van der Waals surface area contributed by atoms with E-state index in [1.807, 2.05) is 20.8 Å². The van der Waals surface area contributed by atoms with Crippen molar-refractivity contribution in [2.45, 2.75) is 32.9 Å². The lowest BCUT2D eigenvalue weighted by molar-refractivity contribution is -0.00383. The fourth-order valence-electron chi connectivity index (χ4n) is 2.81. The quantitative estimate of drug-likeness (QED) is 0.849. The summed E-state index contributed by atoms with van der Waals surface area (Å²) >= 11 is 0. The molecule has 0 radical (unpaired) electrons. The van der Waals surface area contributed by atoms with E-state index in [1.54, 1.807) is 15.8 Å². The van der Waals surface area contributed by atoms with Gasteiger partial charge < -0.3 is 15.4 Å². The molecule has 26 heavy (non-hydrogen) atoms. The first-order chi connectivity index (χ1) is 12.1. The van der Waals surface area contributed by atoms with Crippen LogP contribution in [0.3, 0.4) is 0 Å². The molecule has 0 unspecified atom stereocenters. The zero-order valence-electron chi connectivity index (χ0n) is 15.0. The lowest BCUT2D eigenvalue weighted by Crippen LogP contribution is -2.52. The molecule has 1 saturated heterocycles. The summed E-state index contributed by atoms with van der Waals surface area (Å²) in [5.41, 5.74) is 5.21. The molecule has 2 N–H and O–H groups in total. The van der Waals surface area contributed by atoms with Crippen molar-refractivity contribution in [2.75, 3.05) is 18.8 Å². The van der Waals surface area contributed by atoms with Crippen LogP contribution in [0.15, 0.2) is 24.5 Å². The van der Waals surface area contributed by atoms with Crippen LogP contribution < -0.4 is 5.73 Å². The van der Waals surface area contributed by atoms with E-state index in [4.69, 9.17) is 10.5 Å². The number of nitrogen functional groups attached to an aromatic ring is 1. The van der Waals surface area contributed by atoms with E-state index in [-0.39, 0.29) is 23.3 Å². The Bertz CT molecular complexity index is 823. The van der Waals surface area contributed by atoms with Crippen LogP contribution in [-0.2, 0) is 11.3 Å². The zero-order chi connectivity index (χ0) is 19.1. The normalized spacial score (nSPS) is 15.0. The molecule has 0 spiro atoms. The molecule has 0 saturated carbocycles. The Labute approximate surface area is 150 Å². The summed E-state index contributed by atoms with van der Waals surface area (Å²) in [7, 11) is 0. The smallest absolute Gasteiger partial charge is 0.410 e. The largest absolute Gasteiger partial charge is 0.444 e. The van der Waals surface area contributed by atoms with E-state index in [0.717, 1.165) is 12.1 Å². The molecule has 1 aliphatic heterocycles. The van der Waals surface area contributed by atoms with Crippen LogP contribution >= 0.6 is 0 Å². The number of nitrogens with zero attached hydrogens (tertiary/aromatic N) is 3. The van der Waals surface area contributed by atoms with Crippen LogP contribution in [0.25, 0.3) is 11.1 Å². The molecule has 0 atom stereocenters. The molecule has 0 bridgehead atoms. The summed E-state index contributed by atoms with van der Waals surface area (Å²) in [5.74, 6) is -1.02. The number of carbonyl (C=O) groups is 1. The SMILES string of the molecule is CC(C)(C)OC(=O)N1CC(Cn2cc(-c3cc(F)c(N)cc3F)cn2)C1. The maximum atomic E-state index is 14.0. The highest BCUT2D eigenvalue weighted by atomic mass is 19.1. The monoisotopic (exact) mass is 364 g/mol. The van der Waals surface area contributed by atoms with E-state index < -0.39 is 17.2 Å².